The molecule has 0 aliphatic heterocycles. The molecule has 0 aliphatic rings. The molecule has 1 N–H and O–H groups in total. The minimum absolute atomic E-state index is 0.212. The largest absolute Gasteiger partial charge is 0.489 e. The Balaban J connectivity index is 1.36. The number of carbonyl (C=O) groups excluding carboxylic acids is 1. The molecule has 0 atom stereocenters. The molecule has 162 valence electrons. The van der Waals surface area contributed by atoms with E-state index in [1.54, 1.807) is 6.07 Å². The van der Waals surface area contributed by atoms with Gasteiger partial charge in [0.1, 0.15) is 23.8 Å². The third kappa shape index (κ3) is 4.62. The zero-order chi connectivity index (χ0) is 22.6. The summed E-state index contributed by atoms with van der Waals surface area (Å²) in [6.07, 6.45) is 0. The lowest BCUT2D eigenvalue weighted by Gasteiger charge is -2.11. The average molecular weight is 434 g/mol. The van der Waals surface area contributed by atoms with E-state index in [4.69, 9.17) is 9.15 Å². The molecule has 0 aliphatic carbocycles. The average Bonchev–Trinajstić information content (AvgIpc) is 3.30. The highest BCUT2D eigenvalue weighted by Gasteiger charge is 2.15. The normalized spacial score (nSPS) is 10.8. The molecule has 5 aromatic rings. The number of furan rings is 1. The fourth-order valence-corrected chi connectivity index (χ4v) is 3.64. The van der Waals surface area contributed by atoms with Gasteiger partial charge in [0.15, 0.2) is 5.76 Å². The number of ether oxygens (including phenoxy) is 1. The first-order valence-electron chi connectivity index (χ1n) is 10.7. The van der Waals surface area contributed by atoms with Crippen molar-refractivity contribution in [2.45, 2.75) is 13.5 Å². The van der Waals surface area contributed by atoms with E-state index in [0.29, 0.717) is 29.3 Å². The number of fused-ring (bicyclic) bond motifs is 1. The molecule has 0 radical (unpaired) electrons. The van der Waals surface area contributed by atoms with Crippen LogP contribution in [0.25, 0.3) is 22.4 Å². The third-order valence-electron chi connectivity index (χ3n) is 5.31. The summed E-state index contributed by atoms with van der Waals surface area (Å²) in [5, 5.41) is 3.76. The number of aryl methyl sites for hydroxylation is 1. The summed E-state index contributed by atoms with van der Waals surface area (Å²) in [7, 11) is 0. The van der Waals surface area contributed by atoms with Crippen LogP contribution < -0.4 is 10.1 Å². The van der Waals surface area contributed by atoms with Crippen molar-refractivity contribution < 1.29 is 13.9 Å². The highest BCUT2D eigenvalue weighted by Crippen LogP contribution is 2.27. The summed E-state index contributed by atoms with van der Waals surface area (Å²) < 4.78 is 11.6. The van der Waals surface area contributed by atoms with Crippen molar-refractivity contribution >= 4 is 22.5 Å². The summed E-state index contributed by atoms with van der Waals surface area (Å²) in [5.41, 5.74) is 3.68. The van der Waals surface area contributed by atoms with Crippen LogP contribution >= 0.6 is 0 Å². The fourth-order valence-electron chi connectivity index (χ4n) is 3.64. The minimum atomic E-state index is -0.212. The molecule has 2 heterocycles. The number of hydrogen-bond acceptors (Lipinski definition) is 4. The first kappa shape index (κ1) is 20.5. The van der Waals surface area contributed by atoms with Gasteiger partial charge in [-0.1, -0.05) is 48.5 Å². The van der Waals surface area contributed by atoms with Crippen molar-refractivity contribution in [2.24, 2.45) is 0 Å². The quantitative estimate of drug-likeness (QED) is 0.326. The molecule has 1 amide bonds. The Hall–Kier alpha value is -4.38. The number of hydrogen-bond donors (Lipinski definition) is 1. The fraction of sp³-hybridized carbons (Fsp3) is 0.0714. The van der Waals surface area contributed by atoms with Crippen molar-refractivity contribution in [2.75, 3.05) is 5.32 Å². The van der Waals surface area contributed by atoms with Crippen LogP contribution in [0.1, 0.15) is 21.7 Å². The first-order valence-corrected chi connectivity index (χ1v) is 10.7. The monoisotopic (exact) mass is 434 g/mol. The molecular weight excluding hydrogens is 412 g/mol. The van der Waals surface area contributed by atoms with Gasteiger partial charge in [0, 0.05) is 11.1 Å². The van der Waals surface area contributed by atoms with Crippen molar-refractivity contribution in [3.05, 3.63) is 114 Å². The van der Waals surface area contributed by atoms with E-state index in [2.05, 4.69) is 10.3 Å². The zero-order valence-corrected chi connectivity index (χ0v) is 18.1. The van der Waals surface area contributed by atoms with E-state index in [1.807, 2.05) is 97.9 Å². The van der Waals surface area contributed by atoms with E-state index in [9.17, 15) is 4.79 Å². The Labute approximate surface area is 191 Å². The van der Waals surface area contributed by atoms with Gasteiger partial charge in [0.2, 0.25) is 0 Å². The van der Waals surface area contributed by atoms with Crippen LogP contribution in [0.3, 0.4) is 0 Å². The highest BCUT2D eigenvalue weighted by molar-refractivity contribution is 6.13. The van der Waals surface area contributed by atoms with Gasteiger partial charge in [-0.25, -0.2) is 4.98 Å². The number of benzene rings is 3. The van der Waals surface area contributed by atoms with Gasteiger partial charge in [-0.15, -0.1) is 0 Å². The summed E-state index contributed by atoms with van der Waals surface area (Å²) in [6.45, 7) is 2.37. The number of pyridine rings is 1. The Kier molecular flexibility index (Phi) is 5.60. The molecule has 5 rings (SSSR count). The number of nitrogens with one attached hydrogen (secondary N) is 1. The summed E-state index contributed by atoms with van der Waals surface area (Å²) in [5.74, 6) is 1.95. The molecule has 33 heavy (non-hydrogen) atoms. The van der Waals surface area contributed by atoms with Crippen molar-refractivity contribution in [1.29, 1.82) is 0 Å². The lowest BCUT2D eigenvalue weighted by Crippen LogP contribution is -2.13. The molecule has 0 spiro atoms. The SMILES string of the molecule is Cc1ccc(-c2cc(C(=O)Nc3ccc(OCc4ccccc4)cc3)c3ccccc3n2)o1. The van der Waals surface area contributed by atoms with Crippen LogP contribution in [0, 0.1) is 6.92 Å². The standard InChI is InChI=1S/C28H22N2O3/c1-19-11-16-27(33-19)26-17-24(23-9-5-6-10-25(23)30-26)28(31)29-21-12-14-22(15-13-21)32-18-20-7-3-2-4-8-20/h2-17H,18H2,1H3,(H,29,31). The molecule has 3 aromatic carbocycles. The number of amides is 1. The predicted molar refractivity (Wildman–Crippen MR) is 129 cm³/mol. The van der Waals surface area contributed by atoms with Crippen molar-refractivity contribution in [3.8, 4) is 17.2 Å². The number of aromatic nitrogens is 1. The molecule has 5 nitrogen and oxygen atoms in total. The van der Waals surface area contributed by atoms with E-state index in [1.165, 1.54) is 0 Å². The van der Waals surface area contributed by atoms with Gasteiger partial charge < -0.3 is 14.5 Å². The van der Waals surface area contributed by atoms with Crippen LogP contribution in [-0.2, 0) is 6.61 Å². The lowest BCUT2D eigenvalue weighted by molar-refractivity contribution is 0.102. The van der Waals surface area contributed by atoms with E-state index >= 15 is 0 Å². The van der Waals surface area contributed by atoms with E-state index in [0.717, 1.165) is 28.0 Å². The number of carbonyl (C=O) groups is 1. The smallest absolute Gasteiger partial charge is 0.256 e. The molecular formula is C28H22N2O3. The minimum Gasteiger partial charge on any atom is -0.489 e. The Morgan fingerprint density at radius 3 is 2.42 bits per heavy atom. The van der Waals surface area contributed by atoms with Gasteiger partial charge in [0.25, 0.3) is 5.91 Å². The Bertz CT molecular complexity index is 1410. The van der Waals surface area contributed by atoms with Crippen LogP contribution in [0.2, 0.25) is 0 Å². The molecule has 0 saturated heterocycles. The lowest BCUT2D eigenvalue weighted by atomic mass is 10.1. The summed E-state index contributed by atoms with van der Waals surface area (Å²) >= 11 is 0. The van der Waals surface area contributed by atoms with Gasteiger partial charge in [-0.05, 0) is 61.0 Å². The van der Waals surface area contributed by atoms with E-state index < -0.39 is 0 Å². The van der Waals surface area contributed by atoms with Crippen LogP contribution in [0.5, 0.6) is 5.75 Å². The second-order valence-corrected chi connectivity index (χ2v) is 7.74. The number of nitrogens with zero attached hydrogens (tertiary/aromatic N) is 1. The highest BCUT2D eigenvalue weighted by atomic mass is 16.5. The number of para-hydroxylation sites is 1. The molecule has 0 fully saturated rings. The van der Waals surface area contributed by atoms with Gasteiger partial charge in [-0.3, -0.25) is 4.79 Å². The number of rotatable bonds is 6. The van der Waals surface area contributed by atoms with Crippen molar-refractivity contribution in [3.63, 3.8) is 0 Å². The van der Waals surface area contributed by atoms with Crippen LogP contribution in [-0.4, -0.2) is 10.9 Å². The summed E-state index contributed by atoms with van der Waals surface area (Å²) in [4.78, 5) is 17.9. The second-order valence-electron chi connectivity index (χ2n) is 7.74. The number of anilines is 1. The van der Waals surface area contributed by atoms with Gasteiger partial charge in [0.05, 0.1) is 11.1 Å². The summed E-state index contributed by atoms with van der Waals surface area (Å²) in [6, 6.07) is 30.5. The van der Waals surface area contributed by atoms with Gasteiger partial charge in [-0.2, -0.15) is 0 Å². The predicted octanol–water partition coefficient (Wildman–Crippen LogP) is 6.63. The molecule has 0 bridgehead atoms. The zero-order valence-electron chi connectivity index (χ0n) is 18.1. The Morgan fingerprint density at radius 1 is 0.909 bits per heavy atom. The van der Waals surface area contributed by atoms with E-state index in [-0.39, 0.29) is 5.91 Å². The molecule has 0 saturated carbocycles. The Morgan fingerprint density at radius 2 is 1.67 bits per heavy atom. The maximum Gasteiger partial charge on any atom is 0.256 e. The maximum atomic E-state index is 13.2. The third-order valence-corrected chi connectivity index (χ3v) is 5.31. The van der Waals surface area contributed by atoms with Crippen LogP contribution in [0.4, 0.5) is 5.69 Å². The van der Waals surface area contributed by atoms with Crippen LogP contribution in [0.15, 0.2) is 101 Å². The first-order chi connectivity index (χ1) is 16.2. The topological polar surface area (TPSA) is 64.4 Å². The molecule has 2 aromatic heterocycles. The second kappa shape index (κ2) is 9.01. The molecule has 0 unspecified atom stereocenters. The molecule has 5 heteroatoms. The maximum absolute atomic E-state index is 13.2. The van der Waals surface area contributed by atoms with Crippen molar-refractivity contribution in [1.82, 2.24) is 4.98 Å². The van der Waals surface area contributed by atoms with Gasteiger partial charge >= 0.3 is 0 Å².